The number of rotatable bonds is 11. The first kappa shape index (κ1) is 21.0. The van der Waals surface area contributed by atoms with E-state index in [0.717, 1.165) is 10.6 Å². The van der Waals surface area contributed by atoms with Gasteiger partial charge in [0, 0.05) is 0 Å². The molecule has 0 amide bonds. The van der Waals surface area contributed by atoms with E-state index in [1.807, 2.05) is 0 Å². The molecule has 0 aromatic rings. The number of nitrogens with zero attached hydrogens (tertiary/aromatic N) is 1. The van der Waals surface area contributed by atoms with Crippen molar-refractivity contribution in [1.82, 2.24) is 4.31 Å². The van der Waals surface area contributed by atoms with Crippen molar-refractivity contribution in [3.63, 3.8) is 0 Å². The second-order valence-corrected chi connectivity index (χ2v) is 24.3. The van der Waals surface area contributed by atoms with Crippen LogP contribution in [-0.4, -0.2) is 42.2 Å². The molecule has 0 aromatic heterocycles. The van der Waals surface area contributed by atoms with Crippen LogP contribution in [0.5, 0.6) is 0 Å². The molecular formula is C18H39NOSSn. The number of hydrogen-bond donors (Lipinski definition) is 0. The van der Waals surface area contributed by atoms with Gasteiger partial charge in [0.05, 0.1) is 0 Å². The van der Waals surface area contributed by atoms with E-state index in [9.17, 15) is 4.21 Å². The zero-order chi connectivity index (χ0) is 16.8. The van der Waals surface area contributed by atoms with Gasteiger partial charge in [-0.2, -0.15) is 0 Å². The summed E-state index contributed by atoms with van der Waals surface area (Å²) < 4.78 is 20.5. The average Bonchev–Trinajstić information content (AvgIpc) is 3.26. The molecule has 0 aromatic carbocycles. The molecule has 1 unspecified atom stereocenters. The molecule has 132 valence electrons. The molecule has 0 aliphatic carbocycles. The zero-order valence-electron chi connectivity index (χ0n) is 15.9. The first-order valence-electron chi connectivity index (χ1n) is 9.51. The third kappa shape index (κ3) is 5.77. The van der Waals surface area contributed by atoms with E-state index in [-0.39, 0.29) is 4.75 Å². The number of unbranched alkanes of at least 4 members (excludes halogenated alkanes) is 3. The molecule has 4 heteroatoms. The quantitative estimate of drug-likeness (QED) is 0.309. The summed E-state index contributed by atoms with van der Waals surface area (Å²) in [6.45, 7) is 14.5. The van der Waals surface area contributed by atoms with Crippen molar-refractivity contribution in [2.24, 2.45) is 0 Å². The second-order valence-electron chi connectivity index (χ2n) is 8.15. The van der Waals surface area contributed by atoms with Gasteiger partial charge in [0.25, 0.3) is 0 Å². The van der Waals surface area contributed by atoms with Gasteiger partial charge in [-0.3, -0.25) is 0 Å². The molecule has 0 spiro atoms. The minimum atomic E-state index is -2.18. The van der Waals surface area contributed by atoms with Crippen LogP contribution in [0, 0.1) is 0 Å². The van der Waals surface area contributed by atoms with E-state index >= 15 is 0 Å². The summed E-state index contributed by atoms with van der Waals surface area (Å²) in [5.41, 5.74) is 0. The molecule has 1 saturated heterocycles. The zero-order valence-corrected chi connectivity index (χ0v) is 19.6. The number of hydrogen-bond acceptors (Lipinski definition) is 1. The summed E-state index contributed by atoms with van der Waals surface area (Å²) in [6, 6.07) is 0. The van der Waals surface area contributed by atoms with Gasteiger partial charge < -0.3 is 0 Å². The van der Waals surface area contributed by atoms with E-state index in [2.05, 4.69) is 45.8 Å². The summed E-state index contributed by atoms with van der Waals surface area (Å²) in [6.07, 6.45) is 8.21. The van der Waals surface area contributed by atoms with Crippen LogP contribution in [-0.2, 0) is 11.0 Å². The van der Waals surface area contributed by atoms with Crippen LogP contribution in [0.3, 0.4) is 0 Å². The molecule has 1 aliphatic heterocycles. The Hall–Kier alpha value is 0.909. The molecule has 1 aliphatic rings. The summed E-state index contributed by atoms with van der Waals surface area (Å²) in [5.74, 6) is 0. The Morgan fingerprint density at radius 2 is 1.36 bits per heavy atom. The molecule has 2 nitrogen and oxygen atoms in total. The van der Waals surface area contributed by atoms with Gasteiger partial charge >= 0.3 is 147 Å². The predicted octanol–water partition coefficient (Wildman–Crippen LogP) is 5.52. The maximum absolute atomic E-state index is 12.8. The van der Waals surface area contributed by atoms with Crippen molar-refractivity contribution in [1.29, 1.82) is 0 Å². The minimum absolute atomic E-state index is 0.0906. The Bertz CT molecular complexity index is 332. The summed E-state index contributed by atoms with van der Waals surface area (Å²) >= 11 is -2.18. The van der Waals surface area contributed by atoms with Gasteiger partial charge in [-0.15, -0.1) is 0 Å². The van der Waals surface area contributed by atoms with E-state index in [1.54, 1.807) is 0 Å². The Balaban J connectivity index is 2.86. The molecule has 3 atom stereocenters. The third-order valence-corrected chi connectivity index (χ3v) is 24.5. The standard InChI is InChI=1S/C6H12NOS.3C4H9.Sn/c1-6(2,3)9(8)7-4-5-7;3*1-3-4-2;/h4H,5H2,1-3H3;3*1,3-4H2,2H3;/t7?,9-;;;;/m1..../s1. The van der Waals surface area contributed by atoms with Crippen molar-refractivity contribution < 1.29 is 4.21 Å². The first-order valence-corrected chi connectivity index (χ1v) is 18.3. The Labute approximate surface area is 146 Å². The van der Waals surface area contributed by atoms with E-state index in [4.69, 9.17) is 0 Å². The van der Waals surface area contributed by atoms with Gasteiger partial charge in [0.2, 0.25) is 0 Å². The molecule has 0 bridgehead atoms. The fourth-order valence-electron chi connectivity index (χ4n) is 3.62. The normalized spacial score (nSPS) is 23.5. The van der Waals surface area contributed by atoms with Crippen LogP contribution < -0.4 is 0 Å². The third-order valence-electron chi connectivity index (χ3n) is 5.10. The molecule has 0 N–H and O–H groups in total. The van der Waals surface area contributed by atoms with Gasteiger partial charge in [-0.25, -0.2) is 0 Å². The first-order chi connectivity index (χ1) is 10.3. The molecule has 22 heavy (non-hydrogen) atoms. The van der Waals surface area contributed by atoms with Crippen LogP contribution in [0.2, 0.25) is 13.3 Å². The van der Waals surface area contributed by atoms with Crippen molar-refractivity contribution in [3.05, 3.63) is 0 Å². The van der Waals surface area contributed by atoms with Crippen LogP contribution in [0.15, 0.2) is 0 Å². The van der Waals surface area contributed by atoms with E-state index in [1.165, 1.54) is 51.8 Å². The van der Waals surface area contributed by atoms with Gasteiger partial charge in [-0.1, -0.05) is 0 Å². The molecule has 1 rings (SSSR count). The van der Waals surface area contributed by atoms with Gasteiger partial charge in [-0.05, 0) is 0 Å². The van der Waals surface area contributed by atoms with Crippen molar-refractivity contribution in [3.8, 4) is 0 Å². The fraction of sp³-hybridized carbons (Fsp3) is 1.00. The van der Waals surface area contributed by atoms with Crippen LogP contribution in [0.25, 0.3) is 0 Å². The predicted molar refractivity (Wildman–Crippen MR) is 103 cm³/mol. The molecule has 1 heterocycles. The van der Waals surface area contributed by atoms with Gasteiger partial charge in [0.15, 0.2) is 0 Å². The molecule has 0 saturated carbocycles. The van der Waals surface area contributed by atoms with Crippen molar-refractivity contribution >= 4 is 29.4 Å². The maximum atomic E-state index is 12.8. The van der Waals surface area contributed by atoms with Gasteiger partial charge in [0.1, 0.15) is 0 Å². The Morgan fingerprint density at radius 3 is 1.68 bits per heavy atom. The molecule has 1 fully saturated rings. The monoisotopic (exact) mass is 437 g/mol. The van der Waals surface area contributed by atoms with Crippen molar-refractivity contribution in [2.75, 3.05) is 6.54 Å². The second kappa shape index (κ2) is 9.41. The van der Waals surface area contributed by atoms with Crippen LogP contribution >= 0.6 is 0 Å². The summed E-state index contributed by atoms with van der Waals surface area (Å²) in [7, 11) is -0.785. The topological polar surface area (TPSA) is 20.1 Å². The fourth-order valence-corrected chi connectivity index (χ4v) is 25.0. The molecule has 0 radical (unpaired) electrons. The molecular weight excluding hydrogens is 397 g/mol. The van der Waals surface area contributed by atoms with Crippen LogP contribution in [0.1, 0.15) is 80.1 Å². The Morgan fingerprint density at radius 1 is 0.955 bits per heavy atom. The summed E-state index contributed by atoms with van der Waals surface area (Å²) in [5, 5.41) is 0. The SMILES string of the molecule is CCC[CH2][Sn]([CH2]CCC)([CH2]CCC)[C@H]1CN1[S@](=O)C(C)(C)C. The average molecular weight is 436 g/mol. The van der Waals surface area contributed by atoms with Crippen LogP contribution in [0.4, 0.5) is 0 Å². The van der Waals surface area contributed by atoms with E-state index in [0.29, 0.717) is 0 Å². The Kier molecular flexibility index (Phi) is 8.96. The van der Waals surface area contributed by atoms with E-state index < -0.39 is 29.4 Å². The summed E-state index contributed by atoms with van der Waals surface area (Å²) in [4.78, 5) is 0. The van der Waals surface area contributed by atoms with Crippen molar-refractivity contribution in [2.45, 2.75) is 102 Å².